The van der Waals surface area contributed by atoms with Gasteiger partial charge in [0, 0.05) is 0 Å². The van der Waals surface area contributed by atoms with Crippen LogP contribution in [0, 0.1) is 20.8 Å². The van der Waals surface area contributed by atoms with Gasteiger partial charge in [-0.3, -0.25) is 0 Å². The summed E-state index contributed by atoms with van der Waals surface area (Å²) in [7, 11) is -1.19. The molecule has 5 heteroatoms. The molecule has 0 fully saturated rings. The Labute approximate surface area is 173 Å². The van der Waals surface area contributed by atoms with Crippen LogP contribution >= 0.6 is 0 Å². The Kier molecular flexibility index (Phi) is 10.4. The first kappa shape index (κ1) is 25.7. The molecule has 1 aliphatic rings. The van der Waals surface area contributed by atoms with Crippen LogP contribution in [0.1, 0.15) is 22.3 Å². The summed E-state index contributed by atoms with van der Waals surface area (Å²) in [6.07, 6.45) is 8.41. The van der Waals surface area contributed by atoms with E-state index in [0.29, 0.717) is 0 Å². The van der Waals surface area contributed by atoms with Crippen LogP contribution in [-0.4, -0.2) is 8.07 Å². The summed E-state index contributed by atoms with van der Waals surface area (Å²) in [4.78, 5) is 0. The van der Waals surface area contributed by atoms with Crippen molar-refractivity contribution in [3.63, 3.8) is 0 Å². The van der Waals surface area contributed by atoms with Gasteiger partial charge in [-0.2, -0.15) is 0 Å². The molecule has 0 spiro atoms. The molecule has 126 valence electrons. The van der Waals surface area contributed by atoms with Crippen LogP contribution in [0.3, 0.4) is 0 Å². The maximum atomic E-state index is 2.52. The minimum atomic E-state index is -1.19. The zero-order valence-corrected chi connectivity index (χ0v) is 19.6. The van der Waals surface area contributed by atoms with Gasteiger partial charge in [0.15, 0.2) is 0 Å². The number of hydrogen-bond acceptors (Lipinski definition) is 0. The molecule has 0 nitrogen and oxygen atoms in total. The van der Waals surface area contributed by atoms with Crippen molar-refractivity contribution >= 4 is 8.07 Å². The SMILES string of the molecule is Cc1cc(C[C]2([Ti+3])C=CC([Si](C)(C)C)=C2)cc(C)c1C.[Cl-].[Cl-].[Cl-]. The number of hydrogen-bond donors (Lipinski definition) is 0. The van der Waals surface area contributed by atoms with Crippen molar-refractivity contribution in [2.45, 2.75) is 50.6 Å². The summed E-state index contributed by atoms with van der Waals surface area (Å²) in [5, 5.41) is 1.60. The maximum Gasteiger partial charge on any atom is -1.00 e. The van der Waals surface area contributed by atoms with Crippen molar-refractivity contribution in [2.24, 2.45) is 0 Å². The molecule has 0 aromatic heterocycles. The molecule has 0 N–H and O–H groups in total. The summed E-state index contributed by atoms with van der Waals surface area (Å²) in [6, 6.07) is 4.73. The molecule has 0 amide bonds. The monoisotopic (exact) mass is 422 g/mol. The predicted octanol–water partition coefficient (Wildman–Crippen LogP) is -3.75. The molecule has 2 rings (SSSR count). The maximum absolute atomic E-state index is 2.52. The quantitative estimate of drug-likeness (QED) is 0.438. The summed E-state index contributed by atoms with van der Waals surface area (Å²) in [6.45, 7) is 13.9. The number of benzene rings is 1. The van der Waals surface area contributed by atoms with Gasteiger partial charge in [-0.05, 0) is 0 Å². The van der Waals surface area contributed by atoms with Crippen LogP contribution in [0.4, 0.5) is 0 Å². The molecule has 0 heterocycles. The average Bonchev–Trinajstić information content (AvgIpc) is 2.68. The van der Waals surface area contributed by atoms with Crippen molar-refractivity contribution in [1.29, 1.82) is 0 Å². The van der Waals surface area contributed by atoms with Crippen molar-refractivity contribution in [3.8, 4) is 0 Å². The van der Waals surface area contributed by atoms with Crippen LogP contribution in [0.15, 0.2) is 35.6 Å². The molecule has 0 radical (unpaired) electrons. The summed E-state index contributed by atoms with van der Waals surface area (Å²) >= 11 is 2.36. The van der Waals surface area contributed by atoms with E-state index in [1.165, 1.54) is 22.3 Å². The second kappa shape index (κ2) is 9.27. The van der Waals surface area contributed by atoms with E-state index in [9.17, 15) is 0 Å². The van der Waals surface area contributed by atoms with Gasteiger partial charge < -0.3 is 37.2 Å². The zero-order chi connectivity index (χ0) is 15.1. The fraction of sp³-hybridized carbons (Fsp3) is 0.444. The van der Waals surface area contributed by atoms with Crippen LogP contribution < -0.4 is 37.2 Å². The minimum Gasteiger partial charge on any atom is -1.00 e. The molecule has 1 unspecified atom stereocenters. The molecule has 23 heavy (non-hydrogen) atoms. The molecular weight excluding hydrogens is 399 g/mol. The van der Waals surface area contributed by atoms with Crippen LogP contribution in [-0.2, 0) is 26.9 Å². The minimum absolute atomic E-state index is 0. The Hall–Kier alpha value is 0.501. The predicted molar refractivity (Wildman–Crippen MR) is 87.6 cm³/mol. The van der Waals surface area contributed by atoms with Gasteiger partial charge in [0.2, 0.25) is 0 Å². The largest absolute Gasteiger partial charge is 1.00 e. The van der Waals surface area contributed by atoms with Crippen LogP contribution in [0.5, 0.6) is 0 Å². The van der Waals surface area contributed by atoms with Gasteiger partial charge >= 0.3 is 137 Å². The average molecular weight is 424 g/mol. The number of aryl methyl sites for hydroxylation is 2. The number of halogens is 3. The molecule has 0 saturated carbocycles. The summed E-state index contributed by atoms with van der Waals surface area (Å²) in [5.74, 6) is 0. The normalized spacial score (nSPS) is 19.4. The molecule has 0 aliphatic heterocycles. The van der Waals surface area contributed by atoms with Crippen LogP contribution in [0.2, 0.25) is 23.4 Å². The van der Waals surface area contributed by atoms with E-state index < -0.39 is 8.07 Å². The molecule has 0 bridgehead atoms. The molecule has 1 aromatic carbocycles. The van der Waals surface area contributed by atoms with Crippen molar-refractivity contribution in [1.82, 2.24) is 0 Å². The van der Waals surface area contributed by atoms with E-state index in [-0.39, 0.29) is 40.9 Å². The van der Waals surface area contributed by atoms with Gasteiger partial charge in [-0.1, -0.05) is 0 Å². The van der Waals surface area contributed by atoms with Gasteiger partial charge in [0.1, 0.15) is 0 Å². The van der Waals surface area contributed by atoms with Crippen molar-refractivity contribution in [2.75, 3.05) is 0 Å². The number of rotatable bonds is 3. The summed E-state index contributed by atoms with van der Waals surface area (Å²) < 4.78 is 0.198. The first-order chi connectivity index (χ1) is 9.11. The van der Waals surface area contributed by atoms with Gasteiger partial charge in [-0.15, -0.1) is 0 Å². The Morgan fingerprint density at radius 2 is 1.43 bits per heavy atom. The van der Waals surface area contributed by atoms with E-state index >= 15 is 0 Å². The zero-order valence-electron chi connectivity index (χ0n) is 14.7. The van der Waals surface area contributed by atoms with Crippen LogP contribution in [0.25, 0.3) is 0 Å². The third kappa shape index (κ3) is 6.38. The fourth-order valence-corrected chi connectivity index (χ4v) is 4.94. The van der Waals surface area contributed by atoms with E-state index in [1.807, 2.05) is 0 Å². The van der Waals surface area contributed by atoms with Crippen molar-refractivity contribution in [3.05, 3.63) is 57.8 Å². The Bertz CT molecular complexity index is 580. The second-order valence-electron chi connectivity index (χ2n) is 7.25. The third-order valence-corrected chi connectivity index (χ3v) is 7.13. The van der Waals surface area contributed by atoms with Crippen molar-refractivity contribution < 1.29 is 57.7 Å². The first-order valence-electron chi connectivity index (χ1n) is 7.35. The topological polar surface area (TPSA) is 0 Å². The second-order valence-corrected chi connectivity index (χ2v) is 13.8. The first-order valence-corrected chi connectivity index (χ1v) is 11.6. The van der Waals surface area contributed by atoms with Gasteiger partial charge in [0.05, 0.1) is 0 Å². The van der Waals surface area contributed by atoms with E-state index in [1.54, 1.807) is 5.20 Å². The van der Waals surface area contributed by atoms with Gasteiger partial charge in [-0.25, -0.2) is 0 Å². The summed E-state index contributed by atoms with van der Waals surface area (Å²) in [5.41, 5.74) is 5.73. The molecular formula is C18H25Cl3SiTi. The third-order valence-electron chi connectivity index (χ3n) is 4.32. The molecule has 1 aliphatic carbocycles. The Morgan fingerprint density at radius 3 is 1.83 bits per heavy atom. The van der Waals surface area contributed by atoms with E-state index in [0.717, 1.165) is 6.42 Å². The van der Waals surface area contributed by atoms with Gasteiger partial charge in [0.25, 0.3) is 0 Å². The fourth-order valence-electron chi connectivity index (χ4n) is 2.75. The molecule has 0 saturated heterocycles. The smallest absolute Gasteiger partial charge is 1.00 e. The Balaban J connectivity index is 0. The Morgan fingerprint density at radius 1 is 0.957 bits per heavy atom. The molecule has 1 aromatic rings. The standard InChI is InChI=1S/C18H25Si.3ClH.Ti/c1-13-9-17(10-14(2)15(13)3)11-16-7-8-18(12-16)19(4,5)6;;;;/h7-10,12H,11H2,1-6H3;3*1H;/q;;;;+3/p-3. The van der Waals surface area contributed by atoms with E-state index in [2.05, 4.69) is 91.2 Å². The number of allylic oxidation sites excluding steroid dienone is 4. The molecule has 1 atom stereocenters. The van der Waals surface area contributed by atoms with E-state index in [4.69, 9.17) is 0 Å².